The van der Waals surface area contributed by atoms with E-state index in [0.717, 1.165) is 5.69 Å². The first-order valence-corrected chi connectivity index (χ1v) is 9.46. The molecule has 0 atom stereocenters. The molecule has 1 aromatic carbocycles. The zero-order valence-electron chi connectivity index (χ0n) is 15.6. The summed E-state index contributed by atoms with van der Waals surface area (Å²) >= 11 is 0. The Bertz CT molecular complexity index is 791. The molecule has 2 aliphatic heterocycles. The van der Waals surface area contributed by atoms with E-state index in [1.807, 2.05) is 17.0 Å². The second-order valence-electron chi connectivity index (χ2n) is 7.17. The number of hydrogen-bond acceptors (Lipinski definition) is 5. The standard InChI is InChI=1S/C21H25N3O3/c1-16-2-4-17(5-3-16)15-23-18-6-9-22-19(14-18)20(25)24-10-7-21(8-11-24)26-12-13-27-21/h2-6,9,14H,7-8,10-13,15H2,1H3,(H,22,23). The minimum Gasteiger partial charge on any atom is -0.381 e. The molecule has 0 saturated carbocycles. The second kappa shape index (κ2) is 7.66. The van der Waals surface area contributed by atoms with Crippen LogP contribution in [0.3, 0.4) is 0 Å². The highest BCUT2D eigenvalue weighted by Crippen LogP contribution is 2.31. The molecular formula is C21H25N3O3. The topological polar surface area (TPSA) is 63.7 Å². The number of anilines is 1. The smallest absolute Gasteiger partial charge is 0.272 e. The van der Waals surface area contributed by atoms with Crippen molar-refractivity contribution in [3.8, 4) is 0 Å². The zero-order valence-corrected chi connectivity index (χ0v) is 15.6. The molecule has 142 valence electrons. The number of carbonyl (C=O) groups excluding carboxylic acids is 1. The Morgan fingerprint density at radius 3 is 2.56 bits per heavy atom. The quantitative estimate of drug-likeness (QED) is 0.900. The summed E-state index contributed by atoms with van der Waals surface area (Å²) < 4.78 is 11.5. The Hall–Kier alpha value is -2.44. The van der Waals surface area contributed by atoms with Gasteiger partial charge in [-0.05, 0) is 24.6 Å². The van der Waals surface area contributed by atoms with Gasteiger partial charge in [-0.25, -0.2) is 0 Å². The number of aromatic nitrogens is 1. The number of carbonyl (C=O) groups is 1. The highest BCUT2D eigenvalue weighted by atomic mass is 16.7. The lowest BCUT2D eigenvalue weighted by Crippen LogP contribution is -2.47. The molecule has 6 nitrogen and oxygen atoms in total. The van der Waals surface area contributed by atoms with Crippen molar-refractivity contribution < 1.29 is 14.3 Å². The zero-order chi connectivity index (χ0) is 18.7. The number of rotatable bonds is 4. The number of likely N-dealkylation sites (tertiary alicyclic amines) is 1. The van der Waals surface area contributed by atoms with Gasteiger partial charge in [0.1, 0.15) is 5.69 Å². The number of nitrogens with zero attached hydrogens (tertiary/aromatic N) is 2. The van der Waals surface area contributed by atoms with Gasteiger partial charge in [-0.3, -0.25) is 9.78 Å². The number of hydrogen-bond donors (Lipinski definition) is 1. The second-order valence-corrected chi connectivity index (χ2v) is 7.17. The van der Waals surface area contributed by atoms with Crippen molar-refractivity contribution in [3.05, 3.63) is 59.4 Å². The maximum atomic E-state index is 12.8. The summed E-state index contributed by atoms with van der Waals surface area (Å²) in [7, 11) is 0. The predicted octanol–water partition coefficient (Wildman–Crippen LogP) is 2.98. The molecule has 0 bridgehead atoms. The van der Waals surface area contributed by atoms with Gasteiger partial charge in [0.2, 0.25) is 0 Å². The number of nitrogens with one attached hydrogen (secondary N) is 1. The molecule has 2 aromatic rings. The van der Waals surface area contributed by atoms with E-state index >= 15 is 0 Å². The average molecular weight is 367 g/mol. The molecule has 0 aliphatic carbocycles. The number of amides is 1. The number of pyridine rings is 1. The van der Waals surface area contributed by atoms with Crippen LogP contribution in [0.4, 0.5) is 5.69 Å². The van der Waals surface area contributed by atoms with Gasteiger partial charge in [-0.2, -0.15) is 0 Å². The summed E-state index contributed by atoms with van der Waals surface area (Å²) in [6.07, 6.45) is 3.10. The van der Waals surface area contributed by atoms with E-state index in [2.05, 4.69) is 41.5 Å². The summed E-state index contributed by atoms with van der Waals surface area (Å²) in [6, 6.07) is 12.1. The summed E-state index contributed by atoms with van der Waals surface area (Å²) in [5.74, 6) is -0.511. The van der Waals surface area contributed by atoms with E-state index in [9.17, 15) is 4.79 Å². The van der Waals surface area contributed by atoms with Gasteiger partial charge in [0.05, 0.1) is 13.2 Å². The molecule has 27 heavy (non-hydrogen) atoms. The van der Waals surface area contributed by atoms with Crippen molar-refractivity contribution in [2.24, 2.45) is 0 Å². The van der Waals surface area contributed by atoms with Crippen molar-refractivity contribution in [2.45, 2.75) is 32.1 Å². The van der Waals surface area contributed by atoms with Crippen LogP contribution in [0, 0.1) is 6.92 Å². The lowest BCUT2D eigenvalue weighted by molar-refractivity contribution is -0.181. The van der Waals surface area contributed by atoms with Crippen molar-refractivity contribution >= 4 is 11.6 Å². The maximum absolute atomic E-state index is 12.8. The van der Waals surface area contributed by atoms with Gasteiger partial charge >= 0.3 is 0 Å². The molecule has 1 amide bonds. The Labute approximate surface area is 159 Å². The molecule has 0 radical (unpaired) electrons. The molecule has 1 spiro atoms. The first-order valence-electron chi connectivity index (χ1n) is 9.46. The minimum atomic E-state index is -0.471. The monoisotopic (exact) mass is 367 g/mol. The maximum Gasteiger partial charge on any atom is 0.272 e. The van der Waals surface area contributed by atoms with Crippen LogP contribution in [-0.4, -0.2) is 47.9 Å². The summed E-state index contributed by atoms with van der Waals surface area (Å²) in [5, 5.41) is 3.37. The van der Waals surface area contributed by atoms with Gasteiger partial charge in [0, 0.05) is 44.4 Å². The molecule has 0 unspecified atom stereocenters. The summed E-state index contributed by atoms with van der Waals surface area (Å²) in [6.45, 7) is 5.32. The van der Waals surface area contributed by atoms with Crippen LogP contribution in [0.1, 0.15) is 34.5 Å². The Morgan fingerprint density at radius 2 is 1.85 bits per heavy atom. The van der Waals surface area contributed by atoms with Crippen molar-refractivity contribution in [1.82, 2.24) is 9.88 Å². The third-order valence-corrected chi connectivity index (χ3v) is 5.22. The minimum absolute atomic E-state index is 0.0400. The number of ether oxygens (including phenoxy) is 2. The number of benzene rings is 1. The molecule has 6 heteroatoms. The van der Waals surface area contributed by atoms with Gasteiger partial charge in [-0.15, -0.1) is 0 Å². The van der Waals surface area contributed by atoms with E-state index in [0.29, 0.717) is 51.4 Å². The van der Waals surface area contributed by atoms with Gasteiger partial charge in [0.15, 0.2) is 5.79 Å². The highest BCUT2D eigenvalue weighted by molar-refractivity contribution is 5.93. The Balaban J connectivity index is 1.37. The molecular weight excluding hydrogens is 342 g/mol. The van der Waals surface area contributed by atoms with Crippen LogP contribution in [0.15, 0.2) is 42.6 Å². The largest absolute Gasteiger partial charge is 0.381 e. The molecule has 2 aliphatic rings. The third-order valence-electron chi connectivity index (χ3n) is 5.22. The fourth-order valence-corrected chi connectivity index (χ4v) is 3.57. The van der Waals surface area contributed by atoms with E-state index in [4.69, 9.17) is 9.47 Å². The van der Waals surface area contributed by atoms with Gasteiger partial charge in [-0.1, -0.05) is 29.8 Å². The van der Waals surface area contributed by atoms with Crippen molar-refractivity contribution in [2.75, 3.05) is 31.6 Å². The van der Waals surface area contributed by atoms with Crippen molar-refractivity contribution in [3.63, 3.8) is 0 Å². The highest BCUT2D eigenvalue weighted by Gasteiger charge is 2.41. The van der Waals surface area contributed by atoms with E-state index in [-0.39, 0.29) is 5.91 Å². The predicted molar refractivity (Wildman–Crippen MR) is 103 cm³/mol. The fraction of sp³-hybridized carbons (Fsp3) is 0.429. The third kappa shape index (κ3) is 4.12. The molecule has 2 fully saturated rings. The average Bonchev–Trinajstić information content (AvgIpc) is 3.16. The van der Waals surface area contributed by atoms with Gasteiger partial charge in [0.25, 0.3) is 5.91 Å². The van der Waals surface area contributed by atoms with Crippen LogP contribution in [0.5, 0.6) is 0 Å². The first kappa shape index (κ1) is 17.9. The van der Waals surface area contributed by atoms with Crippen LogP contribution in [-0.2, 0) is 16.0 Å². The first-order chi connectivity index (χ1) is 13.1. The van der Waals surface area contributed by atoms with E-state index in [1.165, 1.54) is 11.1 Å². The van der Waals surface area contributed by atoms with Crippen molar-refractivity contribution in [1.29, 1.82) is 0 Å². The number of aryl methyl sites for hydroxylation is 1. The molecule has 2 saturated heterocycles. The summed E-state index contributed by atoms with van der Waals surface area (Å²) in [5.41, 5.74) is 3.80. The normalized spacial score (nSPS) is 18.6. The molecule has 3 heterocycles. The van der Waals surface area contributed by atoms with E-state index in [1.54, 1.807) is 6.20 Å². The lowest BCUT2D eigenvalue weighted by atomic mass is 10.0. The lowest BCUT2D eigenvalue weighted by Gasteiger charge is -2.37. The van der Waals surface area contributed by atoms with Crippen LogP contribution in [0.25, 0.3) is 0 Å². The Morgan fingerprint density at radius 1 is 1.15 bits per heavy atom. The molecule has 1 N–H and O–H groups in total. The molecule has 4 rings (SSSR count). The number of piperidine rings is 1. The SMILES string of the molecule is Cc1ccc(CNc2ccnc(C(=O)N3CCC4(CC3)OCCO4)c2)cc1. The van der Waals surface area contributed by atoms with Gasteiger partial charge < -0.3 is 19.7 Å². The Kier molecular flexibility index (Phi) is 5.09. The fourth-order valence-electron chi connectivity index (χ4n) is 3.57. The van der Waals surface area contributed by atoms with E-state index < -0.39 is 5.79 Å². The molecule has 1 aromatic heterocycles. The summed E-state index contributed by atoms with van der Waals surface area (Å²) in [4.78, 5) is 18.9. The van der Waals surface area contributed by atoms with Crippen LogP contribution < -0.4 is 5.32 Å². The van der Waals surface area contributed by atoms with Crippen LogP contribution >= 0.6 is 0 Å². The van der Waals surface area contributed by atoms with Crippen LogP contribution in [0.2, 0.25) is 0 Å².